The van der Waals surface area contributed by atoms with E-state index in [-0.39, 0.29) is 17.8 Å². The van der Waals surface area contributed by atoms with Crippen LogP contribution in [0.5, 0.6) is 0 Å². The minimum absolute atomic E-state index is 0. The fourth-order valence-corrected chi connectivity index (χ4v) is 2.13. The normalized spacial score (nSPS) is 26.0. The van der Waals surface area contributed by atoms with E-state index in [0.29, 0.717) is 26.2 Å². The number of halogens is 1. The Morgan fingerprint density at radius 3 is 2.35 bits per heavy atom. The molecule has 0 saturated carbocycles. The Morgan fingerprint density at radius 1 is 1.20 bits per heavy atom. The van der Waals surface area contributed by atoms with Gasteiger partial charge in [0.25, 0.3) is 5.91 Å². The molecule has 0 spiro atoms. The van der Waals surface area contributed by atoms with Crippen LogP contribution in [0.1, 0.15) is 13.3 Å². The minimum Gasteiger partial charge on any atom is -0.412 e. The van der Waals surface area contributed by atoms with Gasteiger partial charge in [0.2, 0.25) is 11.6 Å². The molecule has 0 aromatic heterocycles. The van der Waals surface area contributed by atoms with Crippen LogP contribution in [-0.2, 0) is 9.59 Å². The summed E-state index contributed by atoms with van der Waals surface area (Å²) in [6, 6.07) is 0. The van der Waals surface area contributed by atoms with E-state index in [9.17, 15) is 14.0 Å². The fraction of sp³-hybridized carbons (Fsp3) is 0.538. The number of hydrogen-bond donors (Lipinski definition) is 1. The maximum Gasteiger partial charge on any atom is 0.276 e. The summed E-state index contributed by atoms with van der Waals surface area (Å²) in [4.78, 5) is 24.8. The molecule has 1 aliphatic heterocycles. The van der Waals surface area contributed by atoms with Gasteiger partial charge < -0.3 is 10.4 Å². The number of hydrazine groups is 1. The molecule has 0 aromatic rings. The van der Waals surface area contributed by atoms with E-state index >= 15 is 0 Å². The quantitative estimate of drug-likeness (QED) is 0.748. The smallest absolute Gasteiger partial charge is 0.276 e. The first-order valence-corrected chi connectivity index (χ1v) is 6.36. The average molecular weight is 285 g/mol. The van der Waals surface area contributed by atoms with Crippen LogP contribution in [0.2, 0.25) is 0 Å². The Morgan fingerprint density at radius 2 is 1.85 bits per heavy atom. The van der Waals surface area contributed by atoms with Crippen LogP contribution in [0.25, 0.3) is 0 Å². The zero-order valence-corrected chi connectivity index (χ0v) is 11.4. The van der Waals surface area contributed by atoms with Crippen molar-refractivity contribution in [3.8, 4) is 0 Å². The highest BCUT2D eigenvalue weighted by atomic mass is 19.1. The molecule has 0 bridgehead atoms. The lowest BCUT2D eigenvalue weighted by Crippen LogP contribution is -2.57. The molecule has 1 unspecified atom stereocenters. The Labute approximate surface area is 117 Å². The van der Waals surface area contributed by atoms with Gasteiger partial charge in [0.05, 0.1) is 0 Å². The van der Waals surface area contributed by atoms with Crippen LogP contribution in [-0.4, -0.2) is 59.0 Å². The van der Waals surface area contributed by atoms with Gasteiger partial charge in [0.1, 0.15) is 0 Å². The van der Waals surface area contributed by atoms with Gasteiger partial charge in [-0.2, -0.15) is 0 Å². The van der Waals surface area contributed by atoms with Crippen LogP contribution >= 0.6 is 0 Å². The van der Waals surface area contributed by atoms with Crippen molar-refractivity contribution in [2.75, 3.05) is 26.2 Å². The summed E-state index contributed by atoms with van der Waals surface area (Å²) in [5, 5.41) is 1.66. The van der Waals surface area contributed by atoms with Gasteiger partial charge in [-0.05, 0) is 6.08 Å². The molecule has 2 rings (SSSR count). The summed E-state index contributed by atoms with van der Waals surface area (Å²) in [7, 11) is 0. The van der Waals surface area contributed by atoms with E-state index in [1.54, 1.807) is 22.1 Å². The van der Waals surface area contributed by atoms with Crippen molar-refractivity contribution in [3.63, 3.8) is 0 Å². The summed E-state index contributed by atoms with van der Waals surface area (Å²) in [5.41, 5.74) is 0.619. The van der Waals surface area contributed by atoms with Gasteiger partial charge >= 0.3 is 0 Å². The summed E-state index contributed by atoms with van der Waals surface area (Å²) >= 11 is 0. The van der Waals surface area contributed by atoms with Crippen molar-refractivity contribution < 1.29 is 19.5 Å². The lowest BCUT2D eigenvalue weighted by molar-refractivity contribution is -0.137. The second-order valence-electron chi connectivity index (χ2n) is 4.79. The van der Waals surface area contributed by atoms with Crippen molar-refractivity contribution in [2.45, 2.75) is 19.0 Å². The van der Waals surface area contributed by atoms with E-state index in [2.05, 4.69) is 5.43 Å². The fourth-order valence-electron chi connectivity index (χ4n) is 2.13. The van der Waals surface area contributed by atoms with E-state index in [0.717, 1.165) is 0 Å². The molecular formula is C13H20FN3O3. The van der Waals surface area contributed by atoms with Gasteiger partial charge in [0, 0.05) is 39.5 Å². The van der Waals surface area contributed by atoms with Crippen LogP contribution in [0.4, 0.5) is 4.39 Å². The molecule has 6 nitrogen and oxygen atoms in total. The number of nitrogens with one attached hydrogen (secondary N) is 1. The first kappa shape index (κ1) is 16.3. The number of carbonyl (C=O) groups excluding carboxylic acids is 2. The molecule has 0 radical (unpaired) electrons. The van der Waals surface area contributed by atoms with Crippen LogP contribution < -0.4 is 5.43 Å². The zero-order chi connectivity index (χ0) is 13.9. The third-order valence-corrected chi connectivity index (χ3v) is 3.38. The Bertz CT molecular complexity index is 431. The lowest BCUT2D eigenvalue weighted by Gasteiger charge is -2.35. The first-order valence-electron chi connectivity index (χ1n) is 6.36. The van der Waals surface area contributed by atoms with Crippen molar-refractivity contribution in [2.24, 2.45) is 0 Å². The summed E-state index contributed by atoms with van der Waals surface area (Å²) in [5.74, 6) is -0.627. The molecule has 20 heavy (non-hydrogen) atoms. The van der Waals surface area contributed by atoms with Gasteiger partial charge in [0.15, 0.2) is 0 Å². The molecule has 7 heteroatoms. The number of piperazine rings is 1. The number of rotatable bonds is 2. The van der Waals surface area contributed by atoms with E-state index in [1.165, 1.54) is 19.1 Å². The van der Waals surface area contributed by atoms with E-state index in [1.807, 2.05) is 0 Å². The number of allylic oxidation sites excluding steroid dienone is 3. The molecule has 1 fully saturated rings. The highest BCUT2D eigenvalue weighted by Crippen LogP contribution is 2.22. The van der Waals surface area contributed by atoms with Crippen molar-refractivity contribution in [3.05, 3.63) is 24.3 Å². The summed E-state index contributed by atoms with van der Waals surface area (Å²) < 4.78 is 14.3. The Kier molecular flexibility index (Phi) is 5.41. The summed E-state index contributed by atoms with van der Waals surface area (Å²) in [6.07, 6.45) is 6.22. The van der Waals surface area contributed by atoms with Gasteiger partial charge in [-0.15, -0.1) is 0 Å². The predicted octanol–water partition coefficient (Wildman–Crippen LogP) is -0.419. The van der Waals surface area contributed by atoms with Crippen molar-refractivity contribution in [1.29, 1.82) is 0 Å². The second-order valence-corrected chi connectivity index (χ2v) is 4.79. The largest absolute Gasteiger partial charge is 0.412 e. The van der Waals surface area contributed by atoms with Crippen LogP contribution in [0, 0.1) is 0 Å². The molecule has 1 saturated heterocycles. The highest BCUT2D eigenvalue weighted by Gasteiger charge is 2.36. The number of hydrogen-bond acceptors (Lipinski definition) is 3. The molecule has 2 aliphatic rings. The number of carbonyl (C=O) groups is 2. The molecule has 3 N–H and O–H groups in total. The molecule has 0 aromatic carbocycles. The zero-order valence-electron chi connectivity index (χ0n) is 11.4. The number of alkyl halides is 1. The van der Waals surface area contributed by atoms with Gasteiger partial charge in [-0.3, -0.25) is 15.0 Å². The monoisotopic (exact) mass is 285 g/mol. The van der Waals surface area contributed by atoms with Crippen LogP contribution in [0.3, 0.4) is 0 Å². The Hall–Kier alpha value is -1.73. The lowest BCUT2D eigenvalue weighted by atomic mass is 9.97. The maximum absolute atomic E-state index is 14.3. The van der Waals surface area contributed by atoms with Gasteiger partial charge in [-0.25, -0.2) is 9.40 Å². The molecule has 1 atom stereocenters. The predicted molar refractivity (Wildman–Crippen MR) is 72.3 cm³/mol. The second kappa shape index (κ2) is 6.62. The van der Waals surface area contributed by atoms with E-state index in [4.69, 9.17) is 0 Å². The maximum atomic E-state index is 14.3. The molecule has 1 aliphatic carbocycles. The third kappa shape index (κ3) is 3.64. The first-order chi connectivity index (χ1) is 9.01. The Balaban J connectivity index is 0.00000200. The number of nitrogens with zero attached hydrogens (tertiary/aromatic N) is 2. The standard InChI is InChI=1S/C13H18FN3O2.H2O/c1-11(18)16-7-9-17(10-8-16)15-12(19)13(14)5-3-2-4-6-13;/h2-5H,6-10H2,1H3,(H,15,19);1H2. The van der Waals surface area contributed by atoms with E-state index < -0.39 is 11.6 Å². The topological polar surface area (TPSA) is 84.2 Å². The van der Waals surface area contributed by atoms with Crippen LogP contribution in [0.15, 0.2) is 24.3 Å². The molecular weight excluding hydrogens is 265 g/mol. The SMILES string of the molecule is CC(=O)N1CCN(NC(=O)C2(F)C=CC=CC2)CC1.O. The molecule has 1 heterocycles. The van der Waals surface area contributed by atoms with Gasteiger partial charge in [-0.1, -0.05) is 18.2 Å². The van der Waals surface area contributed by atoms with Crippen molar-refractivity contribution in [1.82, 2.24) is 15.3 Å². The summed E-state index contributed by atoms with van der Waals surface area (Å²) in [6.45, 7) is 3.64. The molecule has 2 amide bonds. The minimum atomic E-state index is -1.97. The van der Waals surface area contributed by atoms with Crippen molar-refractivity contribution >= 4 is 11.8 Å². The third-order valence-electron chi connectivity index (χ3n) is 3.38. The molecule has 112 valence electrons. The average Bonchev–Trinajstić information content (AvgIpc) is 2.40. The highest BCUT2D eigenvalue weighted by molar-refractivity contribution is 5.87. The number of amides is 2.